The van der Waals surface area contributed by atoms with Gasteiger partial charge in [-0.15, -0.1) is 0 Å². The summed E-state index contributed by atoms with van der Waals surface area (Å²) in [5.41, 5.74) is 3.14. The van der Waals surface area contributed by atoms with E-state index >= 15 is 0 Å². The number of ether oxygens (including phenoxy) is 1. The number of hydrazone groups is 1. The molecule has 1 amide bonds. The van der Waals surface area contributed by atoms with Gasteiger partial charge in [-0.1, -0.05) is 11.6 Å². The van der Waals surface area contributed by atoms with E-state index in [9.17, 15) is 18.3 Å². The lowest BCUT2D eigenvalue weighted by Gasteiger charge is -2.21. The van der Waals surface area contributed by atoms with Crippen LogP contribution in [0.4, 0.5) is 5.69 Å². The van der Waals surface area contributed by atoms with Gasteiger partial charge in [-0.3, -0.25) is 9.10 Å². The molecule has 8 nitrogen and oxygen atoms in total. The molecule has 0 radical (unpaired) electrons. The number of methoxy groups -OCH3 is 1. The number of sulfonamides is 1. The fourth-order valence-electron chi connectivity index (χ4n) is 2.13. The summed E-state index contributed by atoms with van der Waals surface area (Å²) < 4.78 is 29.9. The third-order valence-corrected chi connectivity index (χ3v) is 4.80. The molecule has 0 spiro atoms. The lowest BCUT2D eigenvalue weighted by Crippen LogP contribution is -2.38. The minimum Gasteiger partial charge on any atom is -0.504 e. The van der Waals surface area contributed by atoms with E-state index in [0.717, 1.165) is 10.6 Å². The zero-order chi connectivity index (χ0) is 20.0. The number of phenolic OH excluding ortho intramolecular Hbond substituents is 1. The smallest absolute Gasteiger partial charge is 0.260 e. The van der Waals surface area contributed by atoms with Crippen molar-refractivity contribution in [1.29, 1.82) is 0 Å². The minimum absolute atomic E-state index is 0.0227. The van der Waals surface area contributed by atoms with Crippen LogP contribution in [0.3, 0.4) is 0 Å². The number of hydrogen-bond donors (Lipinski definition) is 2. The number of amides is 1. The largest absolute Gasteiger partial charge is 0.504 e. The molecule has 0 unspecified atom stereocenters. The van der Waals surface area contributed by atoms with Crippen molar-refractivity contribution in [1.82, 2.24) is 5.43 Å². The van der Waals surface area contributed by atoms with Crippen LogP contribution >= 0.6 is 11.6 Å². The highest BCUT2D eigenvalue weighted by molar-refractivity contribution is 7.92. The lowest BCUT2D eigenvalue weighted by molar-refractivity contribution is -0.119. The van der Waals surface area contributed by atoms with Gasteiger partial charge in [0.2, 0.25) is 10.0 Å². The number of anilines is 1. The molecule has 0 aliphatic rings. The van der Waals surface area contributed by atoms with Crippen molar-refractivity contribution in [2.75, 3.05) is 24.2 Å². The molecule has 0 saturated carbocycles. The van der Waals surface area contributed by atoms with E-state index in [-0.39, 0.29) is 11.5 Å². The zero-order valence-electron chi connectivity index (χ0n) is 14.6. The highest BCUT2D eigenvalue weighted by atomic mass is 35.5. The molecule has 2 aromatic rings. The van der Waals surface area contributed by atoms with Crippen LogP contribution in [0.5, 0.6) is 11.5 Å². The Morgan fingerprint density at radius 1 is 1.30 bits per heavy atom. The van der Waals surface area contributed by atoms with E-state index in [1.165, 1.54) is 49.7 Å². The van der Waals surface area contributed by atoms with Crippen LogP contribution in [0, 0.1) is 0 Å². The SMILES string of the molecule is COc1cc(/C=N\NC(=O)CN(c2ccc(Cl)cc2)S(C)(=O)=O)ccc1O. The molecule has 0 aromatic heterocycles. The quantitative estimate of drug-likeness (QED) is 0.535. The molecular formula is C17H18ClN3O5S. The van der Waals surface area contributed by atoms with E-state index in [2.05, 4.69) is 10.5 Å². The van der Waals surface area contributed by atoms with Gasteiger partial charge in [0, 0.05) is 5.02 Å². The Kier molecular flexibility index (Phi) is 6.65. The zero-order valence-corrected chi connectivity index (χ0v) is 16.2. The van der Waals surface area contributed by atoms with E-state index in [1.807, 2.05) is 0 Å². The first-order valence-electron chi connectivity index (χ1n) is 7.63. The van der Waals surface area contributed by atoms with Crippen molar-refractivity contribution in [2.45, 2.75) is 0 Å². The van der Waals surface area contributed by atoms with Gasteiger partial charge in [0.25, 0.3) is 5.91 Å². The second kappa shape index (κ2) is 8.74. The van der Waals surface area contributed by atoms with Gasteiger partial charge >= 0.3 is 0 Å². The number of nitrogens with one attached hydrogen (secondary N) is 1. The normalized spacial score (nSPS) is 11.4. The van der Waals surface area contributed by atoms with E-state index in [1.54, 1.807) is 6.07 Å². The topological polar surface area (TPSA) is 108 Å². The molecule has 2 N–H and O–H groups in total. The Morgan fingerprint density at radius 3 is 2.56 bits per heavy atom. The second-order valence-electron chi connectivity index (χ2n) is 5.47. The Hall–Kier alpha value is -2.78. The molecule has 0 fully saturated rings. The van der Waals surface area contributed by atoms with Gasteiger partial charge in [-0.25, -0.2) is 13.8 Å². The van der Waals surface area contributed by atoms with Crippen molar-refractivity contribution in [3.63, 3.8) is 0 Å². The van der Waals surface area contributed by atoms with Crippen LogP contribution in [0.1, 0.15) is 5.56 Å². The van der Waals surface area contributed by atoms with Crippen molar-refractivity contribution < 1.29 is 23.1 Å². The predicted octanol–water partition coefficient (Wildman–Crippen LogP) is 1.97. The number of nitrogens with zero attached hydrogens (tertiary/aromatic N) is 2. The third-order valence-electron chi connectivity index (χ3n) is 3.41. The van der Waals surface area contributed by atoms with Crippen LogP contribution < -0.4 is 14.5 Å². The first-order chi connectivity index (χ1) is 12.7. The molecule has 2 rings (SSSR count). The molecule has 0 atom stereocenters. The number of benzene rings is 2. The van der Waals surface area contributed by atoms with Crippen molar-refractivity contribution >= 4 is 39.4 Å². The molecule has 0 bridgehead atoms. The molecule has 0 heterocycles. The monoisotopic (exact) mass is 411 g/mol. The number of carbonyl (C=O) groups excluding carboxylic acids is 1. The van der Waals surface area contributed by atoms with Crippen LogP contribution in [0.25, 0.3) is 0 Å². The molecule has 27 heavy (non-hydrogen) atoms. The Bertz CT molecular complexity index is 946. The third kappa shape index (κ3) is 5.87. The Morgan fingerprint density at radius 2 is 1.96 bits per heavy atom. The van der Waals surface area contributed by atoms with Crippen LogP contribution in [0.2, 0.25) is 5.02 Å². The highest BCUT2D eigenvalue weighted by Gasteiger charge is 2.20. The summed E-state index contributed by atoms with van der Waals surface area (Å²) in [6, 6.07) is 10.6. The van der Waals surface area contributed by atoms with Gasteiger partial charge in [-0.2, -0.15) is 5.10 Å². The first kappa shape index (κ1) is 20.5. The summed E-state index contributed by atoms with van der Waals surface area (Å²) in [4.78, 5) is 12.1. The number of halogens is 1. The average Bonchev–Trinajstić information content (AvgIpc) is 2.61. The first-order valence-corrected chi connectivity index (χ1v) is 9.85. The molecule has 0 aliphatic heterocycles. The number of carbonyl (C=O) groups is 1. The van der Waals surface area contributed by atoms with Crippen molar-refractivity contribution in [2.24, 2.45) is 5.10 Å². The van der Waals surface area contributed by atoms with Crippen molar-refractivity contribution in [3.05, 3.63) is 53.1 Å². The molecule has 10 heteroatoms. The van der Waals surface area contributed by atoms with E-state index in [0.29, 0.717) is 16.3 Å². The standard InChI is InChI=1S/C17H18ClN3O5S/c1-26-16-9-12(3-8-15(16)22)10-19-20-17(23)11-21(27(2,24)25)14-6-4-13(18)5-7-14/h3-10,22H,11H2,1-2H3,(H,20,23)/b19-10-. The average molecular weight is 412 g/mol. The maximum absolute atomic E-state index is 12.1. The van der Waals surface area contributed by atoms with Gasteiger partial charge < -0.3 is 9.84 Å². The Labute approximate surface area is 162 Å². The molecule has 2 aromatic carbocycles. The number of phenols is 1. The van der Waals surface area contributed by atoms with Gasteiger partial charge in [0.05, 0.1) is 25.3 Å². The van der Waals surface area contributed by atoms with Gasteiger partial charge in [0.15, 0.2) is 11.5 Å². The van der Waals surface area contributed by atoms with Gasteiger partial charge in [0.1, 0.15) is 6.54 Å². The predicted molar refractivity (Wildman–Crippen MR) is 104 cm³/mol. The highest BCUT2D eigenvalue weighted by Crippen LogP contribution is 2.25. The van der Waals surface area contributed by atoms with Crippen molar-refractivity contribution in [3.8, 4) is 11.5 Å². The molecule has 0 aliphatic carbocycles. The van der Waals surface area contributed by atoms with E-state index < -0.39 is 22.5 Å². The molecule has 0 saturated heterocycles. The fourth-order valence-corrected chi connectivity index (χ4v) is 3.11. The van der Waals surface area contributed by atoms with Gasteiger partial charge in [-0.05, 0) is 48.0 Å². The summed E-state index contributed by atoms with van der Waals surface area (Å²) in [5.74, 6) is -0.390. The number of rotatable bonds is 7. The molecule has 144 valence electrons. The minimum atomic E-state index is -3.68. The number of aromatic hydroxyl groups is 1. The summed E-state index contributed by atoms with van der Waals surface area (Å²) >= 11 is 5.80. The maximum Gasteiger partial charge on any atom is 0.260 e. The van der Waals surface area contributed by atoms with E-state index in [4.69, 9.17) is 16.3 Å². The fraction of sp³-hybridized carbons (Fsp3) is 0.176. The van der Waals surface area contributed by atoms with Crippen LogP contribution in [-0.2, 0) is 14.8 Å². The van der Waals surface area contributed by atoms with Crippen LogP contribution in [0.15, 0.2) is 47.6 Å². The summed E-state index contributed by atoms with van der Waals surface area (Å²) in [6.07, 6.45) is 2.34. The summed E-state index contributed by atoms with van der Waals surface area (Å²) in [6.45, 7) is -0.448. The van der Waals surface area contributed by atoms with Crippen LogP contribution in [-0.4, -0.2) is 45.6 Å². The maximum atomic E-state index is 12.1. The summed E-state index contributed by atoms with van der Waals surface area (Å²) in [7, 11) is -2.27. The second-order valence-corrected chi connectivity index (χ2v) is 7.81. The number of hydrogen-bond acceptors (Lipinski definition) is 6. The summed E-state index contributed by atoms with van der Waals surface area (Å²) in [5, 5.41) is 13.8. The Balaban J connectivity index is 2.07. The molecular weight excluding hydrogens is 394 g/mol. The lowest BCUT2D eigenvalue weighted by atomic mass is 10.2.